The maximum absolute atomic E-state index is 5.11. The first-order valence-corrected chi connectivity index (χ1v) is 15.3. The van der Waals surface area contributed by atoms with Crippen molar-refractivity contribution in [2.75, 3.05) is 11.4 Å². The van der Waals surface area contributed by atoms with Crippen molar-refractivity contribution in [1.29, 1.82) is 0 Å². The predicted molar refractivity (Wildman–Crippen MR) is 190 cm³/mol. The van der Waals surface area contributed by atoms with E-state index in [9.17, 15) is 0 Å². The van der Waals surface area contributed by atoms with Crippen LogP contribution < -0.4 is 4.90 Å². The monoisotopic (exact) mass is 577 g/mol. The smallest absolute Gasteiger partial charge is 0.0963 e. The van der Waals surface area contributed by atoms with E-state index in [1.54, 1.807) is 0 Å². The summed E-state index contributed by atoms with van der Waals surface area (Å²) in [6.07, 6.45) is 10.5. The second-order valence-corrected chi connectivity index (χ2v) is 11.3. The Morgan fingerprint density at radius 1 is 0.578 bits per heavy atom. The summed E-state index contributed by atoms with van der Waals surface area (Å²) in [5, 5.41) is 1.14. The molecule has 2 aromatic heterocycles. The van der Waals surface area contributed by atoms with Crippen molar-refractivity contribution >= 4 is 38.9 Å². The van der Waals surface area contributed by atoms with Gasteiger partial charge in [-0.25, -0.2) is 0 Å². The molecule has 0 radical (unpaired) electrons. The fourth-order valence-corrected chi connectivity index (χ4v) is 6.46. The topological polar surface area (TPSA) is 21.1 Å². The minimum absolute atomic E-state index is 0.715. The molecule has 1 aliphatic rings. The molecule has 0 bridgehead atoms. The van der Waals surface area contributed by atoms with Crippen LogP contribution in [-0.4, -0.2) is 16.1 Å². The average molecular weight is 578 g/mol. The first-order chi connectivity index (χ1) is 22.3. The predicted octanol–water partition coefficient (Wildman–Crippen LogP) is 10.8. The van der Waals surface area contributed by atoms with E-state index in [0.29, 0.717) is 6.54 Å². The molecule has 45 heavy (non-hydrogen) atoms. The molecule has 8 rings (SSSR count). The Balaban J connectivity index is 1.34. The number of pyridine rings is 1. The van der Waals surface area contributed by atoms with Crippen molar-refractivity contribution in [2.24, 2.45) is 0 Å². The highest BCUT2D eigenvalue weighted by Crippen LogP contribution is 2.43. The third kappa shape index (κ3) is 4.75. The number of rotatable bonds is 4. The lowest BCUT2D eigenvalue weighted by molar-refractivity contribution is 1.09. The Hall–Kier alpha value is -5.93. The van der Waals surface area contributed by atoms with Gasteiger partial charge in [0.1, 0.15) is 0 Å². The number of allylic oxidation sites excluding steroid dienone is 4. The first-order valence-electron chi connectivity index (χ1n) is 15.3. The Kier molecular flexibility index (Phi) is 6.69. The van der Waals surface area contributed by atoms with Crippen molar-refractivity contribution in [3.63, 3.8) is 0 Å². The van der Waals surface area contributed by atoms with E-state index in [4.69, 9.17) is 4.98 Å². The van der Waals surface area contributed by atoms with Crippen LogP contribution in [0.1, 0.15) is 5.56 Å². The Morgan fingerprint density at radius 2 is 1.29 bits per heavy atom. The molecule has 0 unspecified atom stereocenters. The van der Waals surface area contributed by atoms with Crippen LogP contribution in [0.15, 0.2) is 171 Å². The molecular weight excluding hydrogens is 546 g/mol. The molecule has 0 aliphatic carbocycles. The quantitative estimate of drug-likeness (QED) is 0.207. The van der Waals surface area contributed by atoms with Gasteiger partial charge in [0.25, 0.3) is 0 Å². The molecule has 214 valence electrons. The summed E-state index contributed by atoms with van der Waals surface area (Å²) >= 11 is 0. The molecule has 0 N–H and O–H groups in total. The van der Waals surface area contributed by atoms with Crippen molar-refractivity contribution < 1.29 is 0 Å². The van der Waals surface area contributed by atoms with Gasteiger partial charge in [0.05, 0.1) is 22.2 Å². The zero-order valence-corrected chi connectivity index (χ0v) is 24.8. The molecule has 0 atom stereocenters. The molecule has 5 aromatic carbocycles. The molecule has 0 saturated heterocycles. The highest BCUT2D eigenvalue weighted by molar-refractivity contribution is 6.08. The van der Waals surface area contributed by atoms with Crippen molar-refractivity contribution in [2.45, 2.75) is 0 Å². The minimum Gasteiger partial charge on any atom is -0.337 e. The number of benzene rings is 5. The zero-order chi connectivity index (χ0) is 30.2. The lowest BCUT2D eigenvalue weighted by Crippen LogP contribution is -2.19. The van der Waals surface area contributed by atoms with Crippen molar-refractivity contribution in [3.8, 4) is 27.9 Å². The van der Waals surface area contributed by atoms with E-state index in [-0.39, 0.29) is 0 Å². The second-order valence-electron chi connectivity index (χ2n) is 11.3. The van der Waals surface area contributed by atoms with Gasteiger partial charge >= 0.3 is 0 Å². The van der Waals surface area contributed by atoms with Gasteiger partial charge in [-0.3, -0.25) is 4.98 Å². The van der Waals surface area contributed by atoms with E-state index < -0.39 is 0 Å². The maximum atomic E-state index is 5.11. The number of anilines is 2. The third-order valence-electron chi connectivity index (χ3n) is 8.60. The van der Waals surface area contributed by atoms with Crippen LogP contribution >= 0.6 is 0 Å². The van der Waals surface area contributed by atoms with Gasteiger partial charge in [0, 0.05) is 46.2 Å². The number of aromatic nitrogens is 2. The summed E-state index contributed by atoms with van der Waals surface area (Å²) in [5.41, 5.74) is 13.2. The standard InChI is InChI=1S/C42H31N3/c1-30-14-5-4-12-27-44(34-25-23-32(24-26-34)31-15-6-2-7-16-31)42-36(30)20-13-21-37(42)33-28-40-41(43-29-33)38-19-10-11-22-39(38)45(40)35-17-8-3-9-18-35/h2-26,28-29H,1,27H2/b12-4-,14-5-. The van der Waals surface area contributed by atoms with E-state index in [1.165, 1.54) is 11.1 Å². The van der Waals surface area contributed by atoms with Crippen LogP contribution in [-0.2, 0) is 0 Å². The molecule has 3 heterocycles. The van der Waals surface area contributed by atoms with Crippen molar-refractivity contribution in [1.82, 2.24) is 9.55 Å². The molecule has 1 aliphatic heterocycles. The largest absolute Gasteiger partial charge is 0.337 e. The van der Waals surface area contributed by atoms with Gasteiger partial charge in [0.15, 0.2) is 0 Å². The number of nitrogens with zero attached hydrogens (tertiary/aromatic N) is 3. The Labute approximate surface area is 263 Å². The van der Waals surface area contributed by atoms with Gasteiger partial charge in [-0.2, -0.15) is 0 Å². The number of hydrogen-bond acceptors (Lipinski definition) is 2. The summed E-state index contributed by atoms with van der Waals surface area (Å²) in [5.74, 6) is 0. The Morgan fingerprint density at radius 3 is 2.11 bits per heavy atom. The van der Waals surface area contributed by atoms with Crippen LogP contribution in [0, 0.1) is 0 Å². The van der Waals surface area contributed by atoms with Gasteiger partial charge in [-0.15, -0.1) is 0 Å². The van der Waals surface area contributed by atoms with Gasteiger partial charge < -0.3 is 9.47 Å². The fraction of sp³-hybridized carbons (Fsp3) is 0.0238. The average Bonchev–Trinajstić information content (AvgIpc) is 3.47. The lowest BCUT2D eigenvalue weighted by atomic mass is 9.95. The van der Waals surface area contributed by atoms with Gasteiger partial charge in [0.2, 0.25) is 0 Å². The second kappa shape index (κ2) is 11.3. The van der Waals surface area contributed by atoms with Crippen LogP contribution in [0.25, 0.3) is 55.5 Å². The van der Waals surface area contributed by atoms with E-state index in [2.05, 4.69) is 174 Å². The summed E-state index contributed by atoms with van der Waals surface area (Å²) in [6, 6.07) is 47.3. The normalized spacial score (nSPS) is 14.5. The van der Waals surface area contributed by atoms with E-state index in [0.717, 1.165) is 61.3 Å². The highest BCUT2D eigenvalue weighted by atomic mass is 15.1. The summed E-state index contributed by atoms with van der Waals surface area (Å²) in [4.78, 5) is 7.51. The number of para-hydroxylation sites is 3. The minimum atomic E-state index is 0.715. The summed E-state index contributed by atoms with van der Waals surface area (Å²) in [7, 11) is 0. The summed E-state index contributed by atoms with van der Waals surface area (Å²) < 4.78 is 2.32. The van der Waals surface area contributed by atoms with E-state index in [1.807, 2.05) is 6.20 Å². The van der Waals surface area contributed by atoms with Gasteiger partial charge in [-0.05, 0) is 53.1 Å². The fourth-order valence-electron chi connectivity index (χ4n) is 6.46. The molecule has 3 nitrogen and oxygen atoms in total. The Bertz CT molecular complexity index is 2240. The third-order valence-corrected chi connectivity index (χ3v) is 8.60. The van der Waals surface area contributed by atoms with Gasteiger partial charge in [-0.1, -0.05) is 128 Å². The summed E-state index contributed by atoms with van der Waals surface area (Å²) in [6.45, 7) is 5.20. The SMILES string of the molecule is C=C1/C=C\C=C/CN(c2ccc(-c3ccccc3)cc2)c2c1cccc2-c1cnc2c3ccccc3n(-c3ccccc3)c2c1. The lowest BCUT2D eigenvalue weighted by Gasteiger charge is -2.29. The zero-order valence-electron chi connectivity index (χ0n) is 24.8. The molecular formula is C42H31N3. The molecule has 0 fully saturated rings. The van der Waals surface area contributed by atoms with E-state index >= 15 is 0 Å². The number of fused-ring (bicyclic) bond motifs is 4. The molecule has 7 aromatic rings. The maximum Gasteiger partial charge on any atom is 0.0963 e. The van der Waals surface area contributed by atoms with Crippen LogP contribution in [0.5, 0.6) is 0 Å². The molecule has 0 saturated carbocycles. The van der Waals surface area contributed by atoms with Crippen LogP contribution in [0.2, 0.25) is 0 Å². The molecule has 0 amide bonds. The van der Waals surface area contributed by atoms with Crippen molar-refractivity contribution in [3.05, 3.63) is 176 Å². The first kappa shape index (κ1) is 26.7. The number of hydrogen-bond donors (Lipinski definition) is 0. The highest BCUT2D eigenvalue weighted by Gasteiger charge is 2.21. The van der Waals surface area contributed by atoms with Crippen LogP contribution in [0.4, 0.5) is 11.4 Å². The van der Waals surface area contributed by atoms with Crippen LogP contribution in [0.3, 0.4) is 0 Å². The molecule has 0 spiro atoms. The molecule has 3 heteroatoms.